The van der Waals surface area contributed by atoms with E-state index in [0.717, 1.165) is 5.92 Å². The molecule has 1 saturated carbocycles. The Morgan fingerprint density at radius 1 is 1.15 bits per heavy atom. The van der Waals surface area contributed by atoms with Crippen LogP contribution in [0.15, 0.2) is 0 Å². The molecule has 0 bridgehead atoms. The first-order valence-corrected chi connectivity index (χ1v) is 4.75. The third-order valence-electron chi connectivity index (χ3n) is 2.28. The number of hydrogen-bond donors (Lipinski definition) is 1. The Labute approximate surface area is 105 Å². The SMILES string of the molecule is Cl.[CH-]1CCNCC1.[CH2-]C1CCC1.[Mg+2]. The zero-order valence-corrected chi connectivity index (χ0v) is 10.7. The van der Waals surface area contributed by atoms with E-state index in [-0.39, 0.29) is 35.5 Å². The Morgan fingerprint density at radius 3 is 1.69 bits per heavy atom. The first-order chi connectivity index (χ1) is 5.39. The van der Waals surface area contributed by atoms with Crippen LogP contribution in [-0.4, -0.2) is 36.1 Å². The zero-order chi connectivity index (χ0) is 7.94. The summed E-state index contributed by atoms with van der Waals surface area (Å²) in [4.78, 5) is 0. The van der Waals surface area contributed by atoms with Crippen molar-refractivity contribution in [3.8, 4) is 0 Å². The van der Waals surface area contributed by atoms with E-state index >= 15 is 0 Å². The maximum absolute atomic E-state index is 3.84. The maximum atomic E-state index is 3.84. The fourth-order valence-electron chi connectivity index (χ4n) is 1.17. The van der Waals surface area contributed by atoms with E-state index in [1.54, 1.807) is 0 Å². The maximum Gasteiger partial charge on any atom is 2.00 e. The zero-order valence-electron chi connectivity index (χ0n) is 8.43. The van der Waals surface area contributed by atoms with Crippen LogP contribution < -0.4 is 5.32 Å². The molecule has 0 atom stereocenters. The Bertz CT molecular complexity index is 81.4. The molecule has 74 valence electrons. The molecule has 1 saturated heterocycles. The molecule has 1 heterocycles. The van der Waals surface area contributed by atoms with Crippen molar-refractivity contribution in [3.05, 3.63) is 13.3 Å². The molecule has 0 amide bonds. The van der Waals surface area contributed by atoms with Gasteiger partial charge in [0.05, 0.1) is 0 Å². The summed E-state index contributed by atoms with van der Waals surface area (Å²) >= 11 is 0. The van der Waals surface area contributed by atoms with Crippen LogP contribution in [0.25, 0.3) is 0 Å². The van der Waals surface area contributed by atoms with Crippen molar-refractivity contribution < 1.29 is 0 Å². The van der Waals surface area contributed by atoms with Crippen molar-refractivity contribution in [1.82, 2.24) is 5.32 Å². The Kier molecular flexibility index (Phi) is 14.0. The van der Waals surface area contributed by atoms with Crippen molar-refractivity contribution in [2.24, 2.45) is 5.92 Å². The predicted molar refractivity (Wildman–Crippen MR) is 62.1 cm³/mol. The van der Waals surface area contributed by atoms with Crippen molar-refractivity contribution in [2.75, 3.05) is 13.1 Å². The van der Waals surface area contributed by atoms with Gasteiger partial charge >= 0.3 is 23.1 Å². The summed E-state index contributed by atoms with van der Waals surface area (Å²) in [6, 6.07) is 0. The molecule has 13 heavy (non-hydrogen) atoms. The molecule has 2 fully saturated rings. The van der Waals surface area contributed by atoms with Crippen LogP contribution in [0.3, 0.4) is 0 Å². The summed E-state index contributed by atoms with van der Waals surface area (Å²) in [5.74, 6) is 0.815. The Balaban J connectivity index is 0. The Morgan fingerprint density at radius 2 is 1.62 bits per heavy atom. The van der Waals surface area contributed by atoms with E-state index in [0.29, 0.717) is 0 Å². The number of piperidine rings is 1. The summed E-state index contributed by atoms with van der Waals surface area (Å²) < 4.78 is 0. The molecule has 2 rings (SSSR count). The summed E-state index contributed by atoms with van der Waals surface area (Å²) in [5.41, 5.74) is 0. The van der Waals surface area contributed by atoms with Gasteiger partial charge in [0.1, 0.15) is 0 Å². The summed E-state index contributed by atoms with van der Waals surface area (Å²) in [6.45, 7) is 6.23. The van der Waals surface area contributed by atoms with Crippen LogP contribution in [-0.2, 0) is 0 Å². The van der Waals surface area contributed by atoms with Gasteiger partial charge in [-0.05, 0) is 13.1 Å². The minimum Gasteiger partial charge on any atom is -0.340 e. The predicted octanol–water partition coefficient (Wildman–Crippen LogP) is 2.24. The number of rotatable bonds is 0. The van der Waals surface area contributed by atoms with Crippen LogP contribution in [0.1, 0.15) is 32.1 Å². The van der Waals surface area contributed by atoms with Crippen LogP contribution in [0.4, 0.5) is 0 Å². The second-order valence-electron chi connectivity index (χ2n) is 3.41. The van der Waals surface area contributed by atoms with Crippen molar-refractivity contribution in [3.63, 3.8) is 0 Å². The van der Waals surface area contributed by atoms with Gasteiger partial charge in [-0.3, -0.25) is 0 Å². The molecule has 1 aliphatic carbocycles. The normalized spacial score (nSPS) is 21.0. The van der Waals surface area contributed by atoms with Gasteiger partial charge in [0, 0.05) is 0 Å². The summed E-state index contributed by atoms with van der Waals surface area (Å²) in [7, 11) is 0. The smallest absolute Gasteiger partial charge is 0.340 e. The third-order valence-corrected chi connectivity index (χ3v) is 2.28. The molecule has 1 N–H and O–H groups in total. The van der Waals surface area contributed by atoms with E-state index in [4.69, 9.17) is 0 Å². The largest absolute Gasteiger partial charge is 2.00 e. The number of halogens is 1. The van der Waals surface area contributed by atoms with Gasteiger partial charge in [-0.25, -0.2) is 0 Å². The van der Waals surface area contributed by atoms with Crippen LogP contribution in [0, 0.1) is 19.3 Å². The third kappa shape index (κ3) is 9.32. The van der Waals surface area contributed by atoms with Crippen molar-refractivity contribution >= 4 is 35.5 Å². The monoisotopic (exact) mass is 213 g/mol. The fourth-order valence-corrected chi connectivity index (χ4v) is 1.17. The van der Waals surface area contributed by atoms with E-state index in [1.807, 2.05) is 0 Å². The van der Waals surface area contributed by atoms with Crippen LogP contribution in [0.5, 0.6) is 0 Å². The molecule has 1 nitrogen and oxygen atoms in total. The number of hydrogen-bond acceptors (Lipinski definition) is 1. The molecular formula is C10H20ClMgN. The standard InChI is InChI=1S/C5H10N.C5H9.ClH.Mg/c1-2-4-6-5-3-1;1-5-3-2-4-5;;/h1,6H,2-5H2;5H,1-4H2;1H;/q2*-1;;+2. The van der Waals surface area contributed by atoms with Gasteiger partial charge in [-0.1, -0.05) is 19.3 Å². The summed E-state index contributed by atoms with van der Waals surface area (Å²) in [6.07, 6.45) is 9.03. The minimum atomic E-state index is 0. The average molecular weight is 214 g/mol. The van der Waals surface area contributed by atoms with E-state index in [9.17, 15) is 0 Å². The second-order valence-corrected chi connectivity index (χ2v) is 3.41. The van der Waals surface area contributed by atoms with Crippen LogP contribution in [0.2, 0.25) is 0 Å². The van der Waals surface area contributed by atoms with Gasteiger partial charge in [-0.15, -0.1) is 12.4 Å². The fraction of sp³-hybridized carbons (Fsp3) is 0.800. The van der Waals surface area contributed by atoms with Gasteiger partial charge in [0.2, 0.25) is 0 Å². The molecular weight excluding hydrogens is 194 g/mol. The average Bonchev–Trinajstić information content (AvgIpc) is 2.05. The van der Waals surface area contributed by atoms with E-state index in [1.165, 1.54) is 45.2 Å². The summed E-state index contributed by atoms with van der Waals surface area (Å²) in [5, 5.41) is 3.25. The Hall–Kier alpha value is 1.02. The molecule has 0 radical (unpaired) electrons. The van der Waals surface area contributed by atoms with E-state index in [2.05, 4.69) is 18.7 Å². The van der Waals surface area contributed by atoms with Gasteiger partial charge in [0.25, 0.3) is 0 Å². The van der Waals surface area contributed by atoms with E-state index < -0.39 is 0 Å². The molecule has 0 unspecified atom stereocenters. The topological polar surface area (TPSA) is 12.0 Å². The molecule has 0 aromatic rings. The van der Waals surface area contributed by atoms with Crippen LogP contribution >= 0.6 is 12.4 Å². The molecule has 2 aliphatic rings. The molecule has 0 aromatic carbocycles. The molecule has 0 aromatic heterocycles. The molecule has 0 spiro atoms. The van der Waals surface area contributed by atoms with Crippen molar-refractivity contribution in [2.45, 2.75) is 32.1 Å². The van der Waals surface area contributed by atoms with Gasteiger partial charge in [0.15, 0.2) is 0 Å². The van der Waals surface area contributed by atoms with Gasteiger partial charge in [-0.2, -0.15) is 18.8 Å². The van der Waals surface area contributed by atoms with Gasteiger partial charge < -0.3 is 18.7 Å². The van der Waals surface area contributed by atoms with Crippen molar-refractivity contribution in [1.29, 1.82) is 0 Å². The first-order valence-electron chi connectivity index (χ1n) is 4.75. The molecule has 1 aliphatic heterocycles. The number of nitrogens with one attached hydrogen (secondary N) is 1. The minimum absolute atomic E-state index is 0. The quantitative estimate of drug-likeness (QED) is 0.481. The first kappa shape index (κ1) is 16.4. The second kappa shape index (κ2) is 11.1. The molecule has 3 heteroatoms.